The van der Waals surface area contributed by atoms with Crippen LogP contribution < -0.4 is 5.32 Å². The Bertz CT molecular complexity index is 528. The van der Waals surface area contributed by atoms with Crippen LogP contribution in [0.5, 0.6) is 0 Å². The van der Waals surface area contributed by atoms with Crippen molar-refractivity contribution in [3.05, 3.63) is 11.9 Å². The predicted molar refractivity (Wildman–Crippen MR) is 79.0 cm³/mol. The molecular weight excluding hydrogens is 270 g/mol. The predicted octanol–water partition coefficient (Wildman–Crippen LogP) is 2.48. The van der Waals surface area contributed by atoms with Crippen molar-refractivity contribution in [1.82, 2.24) is 9.78 Å². The Labute approximate surface area is 124 Å². The molecule has 6 heteroatoms. The van der Waals surface area contributed by atoms with Crippen LogP contribution in [0.4, 0.5) is 5.69 Å². The van der Waals surface area contributed by atoms with Gasteiger partial charge < -0.3 is 10.4 Å². The summed E-state index contributed by atoms with van der Waals surface area (Å²) in [6.07, 6.45) is 6.81. The molecule has 1 aromatic heterocycles. The minimum absolute atomic E-state index is 0.0384. The van der Waals surface area contributed by atoms with Crippen molar-refractivity contribution < 1.29 is 14.7 Å². The van der Waals surface area contributed by atoms with Crippen molar-refractivity contribution in [3.8, 4) is 0 Å². The Morgan fingerprint density at radius 1 is 1.33 bits per heavy atom. The van der Waals surface area contributed by atoms with Gasteiger partial charge in [0.2, 0.25) is 5.91 Å². The topological polar surface area (TPSA) is 84.2 Å². The monoisotopic (exact) mass is 293 g/mol. The van der Waals surface area contributed by atoms with E-state index in [-0.39, 0.29) is 12.3 Å². The SMILES string of the molecule is Cc1nn(C)cc1NC(=O)CC1(C(=O)O)CCCCCC1. The van der Waals surface area contributed by atoms with Gasteiger partial charge in [-0.1, -0.05) is 25.7 Å². The minimum atomic E-state index is -0.906. The molecular formula is C15H23N3O3. The Hall–Kier alpha value is -1.85. The third kappa shape index (κ3) is 3.62. The van der Waals surface area contributed by atoms with Gasteiger partial charge in [-0.2, -0.15) is 5.10 Å². The van der Waals surface area contributed by atoms with E-state index < -0.39 is 11.4 Å². The second-order valence-electron chi connectivity index (χ2n) is 6.03. The molecule has 6 nitrogen and oxygen atoms in total. The Morgan fingerprint density at radius 3 is 2.43 bits per heavy atom. The molecule has 1 fully saturated rings. The van der Waals surface area contributed by atoms with Crippen molar-refractivity contribution in [2.24, 2.45) is 12.5 Å². The molecule has 2 rings (SSSR count). The lowest BCUT2D eigenvalue weighted by molar-refractivity contribution is -0.152. The third-order valence-electron chi connectivity index (χ3n) is 4.30. The van der Waals surface area contributed by atoms with E-state index in [2.05, 4.69) is 10.4 Å². The molecule has 116 valence electrons. The largest absolute Gasteiger partial charge is 0.481 e. The average molecular weight is 293 g/mol. The van der Waals surface area contributed by atoms with Crippen molar-refractivity contribution in [1.29, 1.82) is 0 Å². The van der Waals surface area contributed by atoms with Crippen LogP contribution in [0.1, 0.15) is 50.6 Å². The lowest BCUT2D eigenvalue weighted by atomic mass is 9.77. The van der Waals surface area contributed by atoms with E-state index in [0.717, 1.165) is 31.4 Å². The number of carboxylic acid groups (broad SMARTS) is 1. The van der Waals surface area contributed by atoms with Crippen molar-refractivity contribution >= 4 is 17.6 Å². The molecule has 0 atom stereocenters. The van der Waals surface area contributed by atoms with Gasteiger partial charge in [0.25, 0.3) is 0 Å². The fourth-order valence-electron chi connectivity index (χ4n) is 3.10. The highest BCUT2D eigenvalue weighted by Crippen LogP contribution is 2.38. The number of hydrogen-bond donors (Lipinski definition) is 2. The molecule has 21 heavy (non-hydrogen) atoms. The average Bonchev–Trinajstić information content (AvgIpc) is 2.62. The van der Waals surface area contributed by atoms with Crippen LogP contribution >= 0.6 is 0 Å². The van der Waals surface area contributed by atoms with Crippen LogP contribution in [0.3, 0.4) is 0 Å². The van der Waals surface area contributed by atoms with E-state index in [1.807, 2.05) is 6.92 Å². The second-order valence-corrected chi connectivity index (χ2v) is 6.03. The highest BCUT2D eigenvalue weighted by molar-refractivity contribution is 5.94. The van der Waals surface area contributed by atoms with Crippen LogP contribution in [0, 0.1) is 12.3 Å². The first-order chi connectivity index (χ1) is 9.93. The summed E-state index contributed by atoms with van der Waals surface area (Å²) >= 11 is 0. The fourth-order valence-corrected chi connectivity index (χ4v) is 3.10. The molecule has 0 spiro atoms. The first-order valence-corrected chi connectivity index (χ1v) is 7.46. The number of carbonyl (C=O) groups excluding carboxylic acids is 1. The van der Waals surface area contributed by atoms with Gasteiger partial charge in [0.05, 0.1) is 16.8 Å². The van der Waals surface area contributed by atoms with Gasteiger partial charge in [-0.25, -0.2) is 0 Å². The molecule has 0 bridgehead atoms. The quantitative estimate of drug-likeness (QED) is 0.835. The zero-order chi connectivity index (χ0) is 15.5. The molecule has 0 unspecified atom stereocenters. The molecule has 0 radical (unpaired) electrons. The second kappa shape index (κ2) is 6.28. The number of aromatic nitrogens is 2. The number of hydrogen-bond acceptors (Lipinski definition) is 3. The maximum atomic E-state index is 12.3. The molecule has 0 aliphatic heterocycles. The number of nitrogens with one attached hydrogen (secondary N) is 1. The van der Waals surface area contributed by atoms with E-state index in [1.54, 1.807) is 17.9 Å². The van der Waals surface area contributed by atoms with E-state index >= 15 is 0 Å². The number of carboxylic acids is 1. The van der Waals surface area contributed by atoms with Crippen LogP contribution in [0.25, 0.3) is 0 Å². The first-order valence-electron chi connectivity index (χ1n) is 7.46. The third-order valence-corrected chi connectivity index (χ3v) is 4.30. The van der Waals surface area contributed by atoms with E-state index in [1.165, 1.54) is 0 Å². The van der Waals surface area contributed by atoms with Crippen LogP contribution in [0.2, 0.25) is 0 Å². The summed E-state index contributed by atoms with van der Waals surface area (Å²) in [6, 6.07) is 0. The van der Waals surface area contributed by atoms with Crippen LogP contribution in [-0.4, -0.2) is 26.8 Å². The number of carbonyl (C=O) groups is 2. The Kier molecular flexibility index (Phi) is 4.65. The molecule has 2 N–H and O–H groups in total. The smallest absolute Gasteiger partial charge is 0.310 e. The molecule has 1 heterocycles. The molecule has 1 amide bonds. The summed E-state index contributed by atoms with van der Waals surface area (Å²) in [6.45, 7) is 1.81. The van der Waals surface area contributed by atoms with Gasteiger partial charge in [-0.15, -0.1) is 0 Å². The number of nitrogens with zero attached hydrogens (tertiary/aromatic N) is 2. The summed E-state index contributed by atoms with van der Waals surface area (Å²) in [7, 11) is 1.78. The number of anilines is 1. The maximum Gasteiger partial charge on any atom is 0.310 e. The number of aryl methyl sites for hydroxylation is 2. The highest BCUT2D eigenvalue weighted by Gasteiger charge is 2.40. The van der Waals surface area contributed by atoms with E-state index in [0.29, 0.717) is 18.5 Å². The Balaban J connectivity index is 2.08. The van der Waals surface area contributed by atoms with Gasteiger partial charge in [0.1, 0.15) is 0 Å². The summed E-state index contributed by atoms with van der Waals surface area (Å²) in [4.78, 5) is 23.9. The summed E-state index contributed by atoms with van der Waals surface area (Å²) in [5, 5.41) is 16.5. The van der Waals surface area contributed by atoms with Gasteiger partial charge in [-0.3, -0.25) is 14.3 Å². The lowest BCUT2D eigenvalue weighted by Gasteiger charge is -2.27. The first kappa shape index (κ1) is 15.5. The van der Waals surface area contributed by atoms with Crippen molar-refractivity contribution in [2.45, 2.75) is 51.9 Å². The lowest BCUT2D eigenvalue weighted by Crippen LogP contribution is -2.35. The molecule has 1 aliphatic rings. The van der Waals surface area contributed by atoms with Crippen molar-refractivity contribution in [3.63, 3.8) is 0 Å². The molecule has 0 saturated heterocycles. The Morgan fingerprint density at radius 2 is 1.95 bits per heavy atom. The van der Waals surface area contributed by atoms with Gasteiger partial charge in [0.15, 0.2) is 0 Å². The normalized spacial score (nSPS) is 18.0. The number of rotatable bonds is 4. The van der Waals surface area contributed by atoms with Gasteiger partial charge >= 0.3 is 5.97 Å². The van der Waals surface area contributed by atoms with Crippen LogP contribution in [-0.2, 0) is 16.6 Å². The van der Waals surface area contributed by atoms with E-state index in [4.69, 9.17) is 0 Å². The number of aliphatic carboxylic acids is 1. The summed E-state index contributed by atoms with van der Waals surface area (Å²) in [5.41, 5.74) is 0.476. The maximum absolute atomic E-state index is 12.3. The van der Waals surface area contributed by atoms with Gasteiger partial charge in [0, 0.05) is 19.7 Å². The van der Waals surface area contributed by atoms with Crippen LogP contribution in [0.15, 0.2) is 6.20 Å². The molecule has 1 saturated carbocycles. The molecule has 0 aromatic carbocycles. The standard InChI is InChI=1S/C15H23N3O3/c1-11-12(10-18(2)17-11)16-13(19)9-15(14(20)21)7-5-3-4-6-8-15/h10H,3-9H2,1-2H3,(H,16,19)(H,20,21). The zero-order valence-corrected chi connectivity index (χ0v) is 12.7. The zero-order valence-electron chi connectivity index (χ0n) is 12.7. The molecule has 1 aliphatic carbocycles. The summed E-state index contributed by atoms with van der Waals surface area (Å²) < 4.78 is 1.63. The van der Waals surface area contributed by atoms with E-state index in [9.17, 15) is 14.7 Å². The minimum Gasteiger partial charge on any atom is -0.481 e. The molecule has 1 aromatic rings. The van der Waals surface area contributed by atoms with Crippen molar-refractivity contribution in [2.75, 3.05) is 5.32 Å². The van der Waals surface area contributed by atoms with Gasteiger partial charge in [-0.05, 0) is 19.8 Å². The fraction of sp³-hybridized carbons (Fsp3) is 0.667. The summed E-state index contributed by atoms with van der Waals surface area (Å²) in [5.74, 6) is -1.09. The number of amides is 1. The highest BCUT2D eigenvalue weighted by atomic mass is 16.4.